The van der Waals surface area contributed by atoms with Crippen LogP contribution in [0.1, 0.15) is 5.56 Å². The van der Waals surface area contributed by atoms with Crippen molar-refractivity contribution in [3.05, 3.63) is 52.0 Å². The van der Waals surface area contributed by atoms with E-state index in [1.807, 2.05) is 30.1 Å². The van der Waals surface area contributed by atoms with E-state index in [-0.39, 0.29) is 5.75 Å². The van der Waals surface area contributed by atoms with Crippen molar-refractivity contribution in [3.8, 4) is 11.5 Å². The van der Waals surface area contributed by atoms with E-state index in [4.69, 9.17) is 27.9 Å². The number of hydrogen-bond acceptors (Lipinski definition) is 3. The van der Waals surface area contributed by atoms with E-state index in [1.165, 1.54) is 0 Å². The Morgan fingerprint density at radius 3 is 2.50 bits per heavy atom. The van der Waals surface area contributed by atoms with E-state index in [2.05, 4.69) is 0 Å². The molecular formula is C15H15Cl2NO2. The van der Waals surface area contributed by atoms with E-state index >= 15 is 0 Å². The Balaban J connectivity index is 2.21. The summed E-state index contributed by atoms with van der Waals surface area (Å²) in [5.41, 5.74) is 1.79. The minimum absolute atomic E-state index is 0.200. The third-order valence-electron chi connectivity index (χ3n) is 3.01. The van der Waals surface area contributed by atoms with Crippen molar-refractivity contribution in [2.45, 2.75) is 6.54 Å². The quantitative estimate of drug-likeness (QED) is 0.911. The number of halogens is 2. The Morgan fingerprint density at radius 2 is 1.85 bits per heavy atom. The van der Waals surface area contributed by atoms with Gasteiger partial charge in [-0.1, -0.05) is 23.2 Å². The Morgan fingerprint density at radius 1 is 1.10 bits per heavy atom. The number of benzene rings is 2. The van der Waals surface area contributed by atoms with E-state index in [0.29, 0.717) is 22.3 Å². The van der Waals surface area contributed by atoms with Gasteiger partial charge >= 0.3 is 0 Å². The number of nitrogens with zero attached hydrogens (tertiary/aromatic N) is 1. The summed E-state index contributed by atoms with van der Waals surface area (Å²) in [5.74, 6) is 0.838. The second-order valence-electron chi connectivity index (χ2n) is 4.45. The van der Waals surface area contributed by atoms with Crippen LogP contribution < -0.4 is 9.64 Å². The molecule has 2 rings (SSSR count). The summed E-state index contributed by atoms with van der Waals surface area (Å²) in [6, 6.07) is 10.5. The van der Waals surface area contributed by atoms with E-state index in [1.54, 1.807) is 25.3 Å². The van der Waals surface area contributed by atoms with Crippen molar-refractivity contribution >= 4 is 28.9 Å². The summed E-state index contributed by atoms with van der Waals surface area (Å²) in [6.07, 6.45) is 0. The Kier molecular flexibility index (Phi) is 4.63. The van der Waals surface area contributed by atoms with Crippen LogP contribution in [0.3, 0.4) is 0 Å². The Bertz CT molecular complexity index is 617. The highest BCUT2D eigenvalue weighted by molar-refractivity contribution is 6.32. The maximum Gasteiger partial charge on any atom is 0.137 e. The summed E-state index contributed by atoms with van der Waals surface area (Å²) in [6.45, 7) is 0.565. The third-order valence-corrected chi connectivity index (χ3v) is 3.68. The van der Waals surface area contributed by atoms with Gasteiger partial charge in [-0.15, -0.1) is 0 Å². The van der Waals surface area contributed by atoms with Crippen LogP contribution in [0, 0.1) is 0 Å². The van der Waals surface area contributed by atoms with Gasteiger partial charge in [0.15, 0.2) is 0 Å². The highest BCUT2D eigenvalue weighted by atomic mass is 35.5. The second kappa shape index (κ2) is 6.25. The van der Waals surface area contributed by atoms with Crippen LogP contribution in [-0.4, -0.2) is 19.3 Å². The maximum atomic E-state index is 9.52. The number of anilines is 1. The molecule has 0 radical (unpaired) electrons. The summed E-state index contributed by atoms with van der Waals surface area (Å²) in [4.78, 5) is 1.99. The molecule has 0 bridgehead atoms. The molecule has 106 valence electrons. The fourth-order valence-corrected chi connectivity index (χ4v) is 2.35. The van der Waals surface area contributed by atoms with E-state index < -0.39 is 0 Å². The maximum absolute atomic E-state index is 9.52. The monoisotopic (exact) mass is 311 g/mol. The van der Waals surface area contributed by atoms with Gasteiger partial charge < -0.3 is 14.7 Å². The fourth-order valence-electron chi connectivity index (χ4n) is 1.92. The molecular weight excluding hydrogens is 297 g/mol. The first-order valence-corrected chi connectivity index (χ1v) is 6.79. The molecule has 0 heterocycles. The number of aromatic hydroxyl groups is 1. The van der Waals surface area contributed by atoms with Crippen LogP contribution in [0.25, 0.3) is 0 Å². The summed E-state index contributed by atoms with van der Waals surface area (Å²) < 4.78 is 5.13. The van der Waals surface area contributed by atoms with E-state index in [0.717, 1.165) is 11.3 Å². The summed E-state index contributed by atoms with van der Waals surface area (Å²) in [7, 11) is 3.51. The zero-order chi connectivity index (χ0) is 14.7. The zero-order valence-electron chi connectivity index (χ0n) is 11.2. The van der Waals surface area contributed by atoms with Gasteiger partial charge in [-0.05, 0) is 42.0 Å². The fraction of sp³-hybridized carbons (Fsp3) is 0.200. The molecule has 2 aromatic carbocycles. The topological polar surface area (TPSA) is 32.7 Å². The average molecular weight is 312 g/mol. The van der Waals surface area contributed by atoms with Gasteiger partial charge in [-0.3, -0.25) is 0 Å². The molecule has 0 aliphatic heterocycles. The molecule has 0 aliphatic carbocycles. The van der Waals surface area contributed by atoms with Gasteiger partial charge in [0.25, 0.3) is 0 Å². The molecule has 0 unspecified atom stereocenters. The predicted octanol–water partition coefficient (Wildman–Crippen LogP) is 4.34. The van der Waals surface area contributed by atoms with Gasteiger partial charge in [0.1, 0.15) is 11.5 Å². The first-order chi connectivity index (χ1) is 9.51. The van der Waals surface area contributed by atoms with Gasteiger partial charge in [-0.2, -0.15) is 0 Å². The molecule has 5 heteroatoms. The first-order valence-electron chi connectivity index (χ1n) is 6.03. The number of phenolic OH excluding ortho intramolecular Hbond substituents is 1. The number of hydrogen-bond donors (Lipinski definition) is 1. The molecule has 20 heavy (non-hydrogen) atoms. The molecule has 1 N–H and O–H groups in total. The number of methoxy groups -OCH3 is 1. The highest BCUT2D eigenvalue weighted by Crippen LogP contribution is 2.30. The van der Waals surface area contributed by atoms with E-state index in [9.17, 15) is 5.11 Å². The summed E-state index contributed by atoms with van der Waals surface area (Å²) >= 11 is 12.2. The van der Waals surface area contributed by atoms with Crippen molar-refractivity contribution in [1.29, 1.82) is 0 Å². The predicted molar refractivity (Wildman–Crippen MR) is 83.2 cm³/mol. The lowest BCUT2D eigenvalue weighted by atomic mass is 10.2. The van der Waals surface area contributed by atoms with Crippen molar-refractivity contribution in [1.82, 2.24) is 0 Å². The lowest BCUT2D eigenvalue weighted by molar-refractivity contribution is 0.415. The molecule has 3 nitrogen and oxygen atoms in total. The average Bonchev–Trinajstić information content (AvgIpc) is 2.42. The van der Waals surface area contributed by atoms with Crippen LogP contribution in [0.2, 0.25) is 10.0 Å². The van der Waals surface area contributed by atoms with Gasteiger partial charge in [0, 0.05) is 24.3 Å². The van der Waals surface area contributed by atoms with Crippen LogP contribution in [0.4, 0.5) is 5.69 Å². The van der Waals surface area contributed by atoms with Crippen LogP contribution in [0.15, 0.2) is 36.4 Å². The molecule has 0 saturated carbocycles. The smallest absolute Gasteiger partial charge is 0.137 e. The van der Waals surface area contributed by atoms with Crippen LogP contribution >= 0.6 is 23.2 Å². The zero-order valence-corrected chi connectivity index (χ0v) is 12.7. The lowest BCUT2D eigenvalue weighted by Gasteiger charge is -2.21. The third kappa shape index (κ3) is 3.30. The first kappa shape index (κ1) is 14.8. The van der Waals surface area contributed by atoms with Crippen molar-refractivity contribution in [3.63, 3.8) is 0 Å². The van der Waals surface area contributed by atoms with Crippen LogP contribution in [-0.2, 0) is 6.54 Å². The molecule has 0 aliphatic rings. The SMILES string of the molecule is COc1ccc(N(C)Cc2cc(O)ccc2Cl)cc1Cl. The van der Waals surface area contributed by atoms with Gasteiger partial charge in [-0.25, -0.2) is 0 Å². The highest BCUT2D eigenvalue weighted by Gasteiger charge is 2.09. The molecule has 2 aromatic rings. The Labute approximate surface area is 128 Å². The van der Waals surface area contributed by atoms with Crippen molar-refractivity contribution in [2.75, 3.05) is 19.1 Å². The number of rotatable bonds is 4. The molecule has 0 saturated heterocycles. The second-order valence-corrected chi connectivity index (χ2v) is 5.27. The molecule has 0 amide bonds. The minimum atomic E-state index is 0.200. The standard InChI is InChI=1S/C15H15Cl2NO2/c1-18(9-10-7-12(19)4-5-13(10)16)11-3-6-15(20-2)14(17)8-11/h3-8,19H,9H2,1-2H3. The van der Waals surface area contributed by atoms with Gasteiger partial charge in [0.2, 0.25) is 0 Å². The largest absolute Gasteiger partial charge is 0.508 e. The number of ether oxygens (including phenoxy) is 1. The molecule has 0 atom stereocenters. The Hall–Kier alpha value is -1.58. The van der Waals surface area contributed by atoms with Gasteiger partial charge in [0.05, 0.1) is 12.1 Å². The van der Waals surface area contributed by atoms with Crippen LogP contribution in [0.5, 0.6) is 11.5 Å². The van der Waals surface area contributed by atoms with Crippen molar-refractivity contribution < 1.29 is 9.84 Å². The lowest BCUT2D eigenvalue weighted by Crippen LogP contribution is -2.16. The normalized spacial score (nSPS) is 10.4. The molecule has 0 aromatic heterocycles. The molecule has 0 fully saturated rings. The molecule has 0 spiro atoms. The summed E-state index contributed by atoms with van der Waals surface area (Å²) in [5, 5.41) is 10.7. The van der Waals surface area contributed by atoms with Crippen molar-refractivity contribution in [2.24, 2.45) is 0 Å². The number of phenols is 1. The minimum Gasteiger partial charge on any atom is -0.508 e.